The first-order valence-corrected chi connectivity index (χ1v) is 14.9. The molecule has 3 N–H and O–H groups in total. The fourth-order valence-electron chi connectivity index (χ4n) is 4.74. The Morgan fingerprint density at radius 1 is 0.929 bits per heavy atom. The van der Waals surface area contributed by atoms with Gasteiger partial charge >= 0.3 is 6.09 Å². The number of rotatable bonds is 11. The number of phenols is 1. The second-order valence-corrected chi connectivity index (χ2v) is 12.4. The Labute approximate surface area is 254 Å². The fraction of sp³-hybridized carbons (Fsp3) is 0.424. The summed E-state index contributed by atoms with van der Waals surface area (Å²) in [6.07, 6.45) is 0.683. The summed E-state index contributed by atoms with van der Waals surface area (Å²) in [5.41, 5.74) is 0.250. The number of carbonyl (C=O) groups excluding carboxylic acids is 3. The molecule has 3 unspecified atom stereocenters. The Hall–Kier alpha value is -3.72. The van der Waals surface area contributed by atoms with E-state index in [9.17, 15) is 19.5 Å². The standard InChI is InChI=1S/C33H43N3O5S/c1-21(2)14-15-22(3)36(31(39)28(20-42)35-32(40)41-33(4,5)6)29(25-12-9-13-27(37)19-25)30(38)34-26-17-16-23-10-7-8-11-24(23)18-26/h7-13,16-19,21-22,28-29,37,42H,14-15,20H2,1-6H3,(H,34,38)(H,35,40). The van der Waals surface area contributed by atoms with E-state index in [0.29, 0.717) is 23.6 Å². The molecule has 0 aromatic heterocycles. The lowest BCUT2D eigenvalue weighted by Gasteiger charge is -2.38. The molecule has 0 aliphatic carbocycles. The van der Waals surface area contributed by atoms with Gasteiger partial charge in [0, 0.05) is 17.5 Å². The Kier molecular flexibility index (Phi) is 11.3. The highest BCUT2D eigenvalue weighted by molar-refractivity contribution is 7.80. The molecule has 0 fully saturated rings. The van der Waals surface area contributed by atoms with E-state index in [-0.39, 0.29) is 11.5 Å². The molecule has 3 rings (SSSR count). The Morgan fingerprint density at radius 2 is 1.62 bits per heavy atom. The van der Waals surface area contributed by atoms with Crippen molar-refractivity contribution in [3.63, 3.8) is 0 Å². The van der Waals surface area contributed by atoms with Gasteiger partial charge in [-0.2, -0.15) is 12.6 Å². The van der Waals surface area contributed by atoms with Crippen LogP contribution >= 0.6 is 12.6 Å². The minimum atomic E-state index is -1.11. The largest absolute Gasteiger partial charge is 0.508 e. The van der Waals surface area contributed by atoms with E-state index < -0.39 is 41.6 Å². The van der Waals surface area contributed by atoms with E-state index in [0.717, 1.165) is 17.2 Å². The number of hydrogen-bond donors (Lipinski definition) is 4. The third kappa shape index (κ3) is 9.14. The first-order chi connectivity index (χ1) is 19.8. The van der Waals surface area contributed by atoms with E-state index in [2.05, 4.69) is 37.1 Å². The van der Waals surface area contributed by atoms with Gasteiger partial charge in [-0.1, -0.05) is 56.3 Å². The van der Waals surface area contributed by atoms with Crippen molar-refractivity contribution in [2.24, 2.45) is 5.92 Å². The third-order valence-corrected chi connectivity index (χ3v) is 7.16. The molecule has 3 aromatic carbocycles. The average molecular weight is 594 g/mol. The van der Waals surface area contributed by atoms with Crippen LogP contribution in [0.1, 0.15) is 66.0 Å². The Bertz CT molecular complexity index is 1390. The number of nitrogens with one attached hydrogen (secondary N) is 2. The fourth-order valence-corrected chi connectivity index (χ4v) is 4.99. The van der Waals surface area contributed by atoms with E-state index in [1.807, 2.05) is 49.4 Å². The Morgan fingerprint density at radius 3 is 2.24 bits per heavy atom. The number of fused-ring (bicyclic) bond motifs is 1. The van der Waals surface area contributed by atoms with Crippen molar-refractivity contribution in [3.8, 4) is 5.75 Å². The van der Waals surface area contributed by atoms with Crippen molar-refractivity contribution in [1.82, 2.24) is 10.2 Å². The van der Waals surface area contributed by atoms with Gasteiger partial charge in [-0.05, 0) is 87.1 Å². The zero-order valence-corrected chi connectivity index (χ0v) is 26.2. The summed E-state index contributed by atoms with van der Waals surface area (Å²) in [7, 11) is 0. The van der Waals surface area contributed by atoms with Gasteiger partial charge < -0.3 is 25.4 Å². The van der Waals surface area contributed by atoms with Crippen LogP contribution in [0.5, 0.6) is 5.75 Å². The summed E-state index contributed by atoms with van der Waals surface area (Å²) in [5.74, 6) is -0.596. The molecule has 3 amide bonds. The normalized spacial score (nSPS) is 13.7. The SMILES string of the molecule is CC(C)CCC(C)N(C(=O)C(CS)NC(=O)OC(C)(C)C)C(C(=O)Nc1ccc2ccccc2c1)c1cccc(O)c1. The topological polar surface area (TPSA) is 108 Å². The quantitative estimate of drug-likeness (QED) is 0.185. The summed E-state index contributed by atoms with van der Waals surface area (Å²) < 4.78 is 5.39. The van der Waals surface area contributed by atoms with Crippen LogP contribution in [0.25, 0.3) is 10.8 Å². The van der Waals surface area contributed by atoms with Crippen LogP contribution in [0.15, 0.2) is 66.7 Å². The van der Waals surface area contributed by atoms with Crippen LogP contribution in [-0.4, -0.2) is 51.4 Å². The number of benzene rings is 3. The molecular formula is C33H43N3O5S. The average Bonchev–Trinajstić information content (AvgIpc) is 2.91. The number of aromatic hydroxyl groups is 1. The van der Waals surface area contributed by atoms with Crippen molar-refractivity contribution < 1.29 is 24.2 Å². The molecule has 0 heterocycles. The monoisotopic (exact) mass is 593 g/mol. The summed E-state index contributed by atoms with van der Waals surface area (Å²) in [6, 6.07) is 17.2. The number of carbonyl (C=O) groups is 3. The van der Waals surface area contributed by atoms with Gasteiger partial charge in [0.25, 0.3) is 5.91 Å². The van der Waals surface area contributed by atoms with Crippen molar-refractivity contribution in [2.45, 2.75) is 78.1 Å². The maximum Gasteiger partial charge on any atom is 0.408 e. The molecule has 3 atom stereocenters. The van der Waals surface area contributed by atoms with Crippen LogP contribution in [0.4, 0.5) is 10.5 Å². The minimum Gasteiger partial charge on any atom is -0.508 e. The molecule has 9 heteroatoms. The lowest BCUT2D eigenvalue weighted by molar-refractivity contribution is -0.143. The van der Waals surface area contributed by atoms with Gasteiger partial charge in [0.2, 0.25) is 5.91 Å². The second-order valence-electron chi connectivity index (χ2n) is 12.0. The number of ether oxygens (including phenoxy) is 1. The molecule has 0 bridgehead atoms. The maximum atomic E-state index is 14.3. The number of hydrogen-bond acceptors (Lipinski definition) is 6. The molecule has 0 radical (unpaired) electrons. The Balaban J connectivity index is 2.05. The second kappa shape index (κ2) is 14.4. The number of phenolic OH excluding ortho intramolecular Hbond substituents is 1. The van der Waals surface area contributed by atoms with E-state index >= 15 is 0 Å². The van der Waals surface area contributed by atoms with Crippen molar-refractivity contribution in [2.75, 3.05) is 11.1 Å². The summed E-state index contributed by atoms with van der Waals surface area (Å²) in [5, 5.41) is 18.0. The molecule has 42 heavy (non-hydrogen) atoms. The number of amides is 3. The summed E-state index contributed by atoms with van der Waals surface area (Å²) in [4.78, 5) is 42.6. The summed E-state index contributed by atoms with van der Waals surface area (Å²) in [6.45, 7) is 11.3. The molecule has 0 spiro atoms. The van der Waals surface area contributed by atoms with Crippen LogP contribution in [0, 0.1) is 5.92 Å². The van der Waals surface area contributed by atoms with E-state index in [1.54, 1.807) is 32.9 Å². The molecule has 8 nitrogen and oxygen atoms in total. The van der Waals surface area contributed by atoms with Crippen molar-refractivity contribution in [1.29, 1.82) is 0 Å². The number of thiol groups is 1. The number of nitrogens with zero attached hydrogens (tertiary/aromatic N) is 1. The van der Waals surface area contributed by atoms with Gasteiger partial charge in [0.1, 0.15) is 23.4 Å². The molecule has 0 aliphatic rings. The highest BCUT2D eigenvalue weighted by atomic mass is 32.1. The van der Waals surface area contributed by atoms with Gasteiger partial charge in [0.05, 0.1) is 0 Å². The predicted molar refractivity (Wildman–Crippen MR) is 171 cm³/mol. The first kappa shape index (κ1) is 32.8. The van der Waals surface area contributed by atoms with Gasteiger partial charge in [0.15, 0.2) is 0 Å². The highest BCUT2D eigenvalue weighted by Crippen LogP contribution is 2.31. The zero-order valence-electron chi connectivity index (χ0n) is 25.3. The molecule has 0 saturated heterocycles. The smallest absolute Gasteiger partial charge is 0.408 e. The van der Waals surface area contributed by atoms with Crippen LogP contribution in [-0.2, 0) is 14.3 Å². The lowest BCUT2D eigenvalue weighted by Crippen LogP contribution is -2.55. The number of anilines is 1. The zero-order chi connectivity index (χ0) is 31.0. The first-order valence-electron chi connectivity index (χ1n) is 14.3. The molecule has 0 saturated carbocycles. The van der Waals surface area contributed by atoms with E-state index in [4.69, 9.17) is 4.74 Å². The predicted octanol–water partition coefficient (Wildman–Crippen LogP) is 6.70. The van der Waals surface area contributed by atoms with Crippen LogP contribution in [0.3, 0.4) is 0 Å². The molecule has 0 aliphatic heterocycles. The molecule has 226 valence electrons. The van der Waals surface area contributed by atoms with Crippen LogP contribution < -0.4 is 10.6 Å². The van der Waals surface area contributed by atoms with Crippen LogP contribution in [0.2, 0.25) is 0 Å². The van der Waals surface area contributed by atoms with E-state index in [1.165, 1.54) is 17.0 Å². The van der Waals surface area contributed by atoms with Gasteiger partial charge in [-0.3, -0.25) is 9.59 Å². The lowest BCUT2D eigenvalue weighted by atomic mass is 9.97. The third-order valence-electron chi connectivity index (χ3n) is 6.79. The number of alkyl carbamates (subject to hydrolysis) is 1. The highest BCUT2D eigenvalue weighted by Gasteiger charge is 2.38. The van der Waals surface area contributed by atoms with Gasteiger partial charge in [-0.15, -0.1) is 0 Å². The summed E-state index contributed by atoms with van der Waals surface area (Å²) >= 11 is 4.37. The minimum absolute atomic E-state index is 0.00939. The maximum absolute atomic E-state index is 14.3. The van der Waals surface area contributed by atoms with Crippen molar-refractivity contribution in [3.05, 3.63) is 72.3 Å². The molecular weight excluding hydrogens is 550 g/mol. The molecule has 3 aromatic rings. The van der Waals surface area contributed by atoms with Gasteiger partial charge in [-0.25, -0.2) is 4.79 Å². The van der Waals surface area contributed by atoms with Crippen molar-refractivity contribution >= 4 is 47.0 Å².